The second kappa shape index (κ2) is 8.35. The van der Waals surface area contributed by atoms with Crippen LogP contribution in [-0.4, -0.2) is 38.8 Å². The van der Waals surface area contributed by atoms with Crippen LogP contribution in [0.3, 0.4) is 0 Å². The van der Waals surface area contributed by atoms with Crippen LogP contribution in [0, 0.1) is 0 Å². The molecule has 0 radical (unpaired) electrons. The van der Waals surface area contributed by atoms with Crippen molar-refractivity contribution in [3.05, 3.63) is 59.9 Å². The summed E-state index contributed by atoms with van der Waals surface area (Å²) in [7, 11) is 0. The van der Waals surface area contributed by atoms with Crippen molar-refractivity contribution in [2.75, 3.05) is 18.5 Å². The van der Waals surface area contributed by atoms with Gasteiger partial charge in [0.05, 0.1) is 5.71 Å². The molecule has 31 heavy (non-hydrogen) atoms. The third-order valence-electron chi connectivity index (χ3n) is 5.83. The van der Waals surface area contributed by atoms with E-state index in [0.29, 0.717) is 17.2 Å². The maximum absolute atomic E-state index is 10.3. The zero-order chi connectivity index (χ0) is 21.2. The first-order chi connectivity index (χ1) is 15.2. The fraction of sp³-hybridized carbons (Fsp3) is 0.292. The van der Waals surface area contributed by atoms with E-state index in [2.05, 4.69) is 25.4 Å². The van der Waals surface area contributed by atoms with Gasteiger partial charge < -0.3 is 9.52 Å². The van der Waals surface area contributed by atoms with Crippen LogP contribution in [0.2, 0.25) is 0 Å². The van der Waals surface area contributed by atoms with Crippen molar-refractivity contribution in [1.82, 2.24) is 14.9 Å². The number of aromatic hydroxyl groups is 1. The fourth-order valence-electron chi connectivity index (χ4n) is 4.10. The second-order valence-corrected chi connectivity index (χ2v) is 7.99. The summed E-state index contributed by atoms with van der Waals surface area (Å²) in [4.78, 5) is 11.1. The third kappa shape index (κ3) is 3.96. The number of fused-ring (bicyclic) bond motifs is 3. The predicted octanol–water partition coefficient (Wildman–Crippen LogP) is 4.90. The Hall–Kier alpha value is -3.45. The molecule has 2 aromatic carbocycles. The lowest BCUT2D eigenvalue weighted by Crippen LogP contribution is -2.29. The molecule has 0 atom stereocenters. The fourth-order valence-corrected chi connectivity index (χ4v) is 4.10. The van der Waals surface area contributed by atoms with Gasteiger partial charge in [0.1, 0.15) is 23.2 Å². The van der Waals surface area contributed by atoms with E-state index in [-0.39, 0.29) is 0 Å². The number of anilines is 1. The van der Waals surface area contributed by atoms with E-state index in [1.165, 1.54) is 25.6 Å². The highest BCUT2D eigenvalue weighted by Crippen LogP contribution is 2.30. The molecule has 2 N–H and O–H groups in total. The van der Waals surface area contributed by atoms with Gasteiger partial charge in [-0.3, -0.25) is 10.3 Å². The van der Waals surface area contributed by atoms with Crippen molar-refractivity contribution in [2.45, 2.75) is 32.7 Å². The van der Waals surface area contributed by atoms with Crippen molar-refractivity contribution >= 4 is 33.6 Å². The smallest absolute Gasteiger partial charge is 0.197 e. The van der Waals surface area contributed by atoms with Crippen molar-refractivity contribution < 1.29 is 9.52 Å². The Morgan fingerprint density at radius 3 is 2.84 bits per heavy atom. The molecule has 5 rings (SSSR count). The predicted molar refractivity (Wildman–Crippen MR) is 122 cm³/mol. The molecule has 1 aliphatic heterocycles. The molecule has 0 amide bonds. The van der Waals surface area contributed by atoms with E-state index in [9.17, 15) is 5.11 Å². The van der Waals surface area contributed by atoms with E-state index in [1.54, 1.807) is 6.07 Å². The number of nitrogens with zero attached hydrogens (tertiary/aromatic N) is 4. The van der Waals surface area contributed by atoms with Gasteiger partial charge in [-0.05, 0) is 68.8 Å². The first-order valence-corrected chi connectivity index (χ1v) is 10.7. The zero-order valence-corrected chi connectivity index (χ0v) is 17.5. The van der Waals surface area contributed by atoms with Crippen molar-refractivity contribution in [3.8, 4) is 5.75 Å². The zero-order valence-electron chi connectivity index (χ0n) is 17.5. The molecule has 1 saturated heterocycles. The monoisotopic (exact) mass is 415 g/mol. The lowest BCUT2D eigenvalue weighted by atomic mass is 10.0. The van der Waals surface area contributed by atoms with Gasteiger partial charge in [0, 0.05) is 17.5 Å². The number of phenolic OH excluding ortho intramolecular Hbond substituents is 1. The Kier molecular flexibility index (Phi) is 5.26. The van der Waals surface area contributed by atoms with Crippen LogP contribution in [0.5, 0.6) is 5.75 Å². The first-order valence-electron chi connectivity index (χ1n) is 10.7. The van der Waals surface area contributed by atoms with E-state index in [4.69, 9.17) is 4.42 Å². The molecule has 0 unspecified atom stereocenters. The third-order valence-corrected chi connectivity index (χ3v) is 5.83. The number of para-hydroxylation sites is 1. The van der Waals surface area contributed by atoms with Gasteiger partial charge in [0.2, 0.25) is 0 Å². The average Bonchev–Trinajstić information content (AvgIpc) is 3.19. The summed E-state index contributed by atoms with van der Waals surface area (Å²) >= 11 is 0. The van der Waals surface area contributed by atoms with Gasteiger partial charge >= 0.3 is 0 Å². The number of aromatic nitrogens is 2. The SMILES string of the molecule is C/C(=N\Nc1ncnc2c1oc1ccccc12)c1ccc(O)c(CN2CCCCC2)c1. The number of benzene rings is 2. The van der Waals surface area contributed by atoms with E-state index in [0.717, 1.165) is 53.0 Å². The van der Waals surface area contributed by atoms with Crippen LogP contribution in [0.4, 0.5) is 5.82 Å². The van der Waals surface area contributed by atoms with Gasteiger partial charge in [0.25, 0.3) is 0 Å². The standard InChI is InChI=1S/C24H25N5O2/c1-16(17-9-10-20(30)18(13-17)14-29-11-5-2-6-12-29)27-28-24-23-22(25-15-26-24)19-7-3-4-8-21(19)31-23/h3-4,7-10,13,15,30H,2,5-6,11-12,14H2,1H3,(H,25,26,28)/b27-16+. The minimum Gasteiger partial charge on any atom is -0.508 e. The molecule has 1 aliphatic rings. The highest BCUT2D eigenvalue weighted by atomic mass is 16.3. The van der Waals surface area contributed by atoms with Gasteiger partial charge in [-0.25, -0.2) is 9.97 Å². The van der Waals surface area contributed by atoms with Crippen molar-refractivity contribution in [3.63, 3.8) is 0 Å². The summed E-state index contributed by atoms with van der Waals surface area (Å²) in [6.07, 6.45) is 5.25. The lowest BCUT2D eigenvalue weighted by Gasteiger charge is -2.26. The molecule has 0 spiro atoms. The van der Waals surface area contributed by atoms with Crippen molar-refractivity contribution in [1.29, 1.82) is 0 Å². The normalized spacial score (nSPS) is 15.6. The number of hydrogen-bond acceptors (Lipinski definition) is 7. The number of rotatable bonds is 5. The van der Waals surface area contributed by atoms with E-state index in [1.807, 2.05) is 43.3 Å². The van der Waals surface area contributed by atoms with Crippen LogP contribution < -0.4 is 5.43 Å². The summed E-state index contributed by atoms with van der Waals surface area (Å²) in [6.45, 7) is 4.85. The first kappa shape index (κ1) is 19.5. The molecule has 7 heteroatoms. The quantitative estimate of drug-likeness (QED) is 0.356. The van der Waals surface area contributed by atoms with Crippen LogP contribution >= 0.6 is 0 Å². The molecule has 3 heterocycles. The van der Waals surface area contributed by atoms with E-state index < -0.39 is 0 Å². The number of furan rings is 1. The molecule has 0 aliphatic carbocycles. The molecular weight excluding hydrogens is 390 g/mol. The highest BCUT2D eigenvalue weighted by Gasteiger charge is 2.15. The van der Waals surface area contributed by atoms with Crippen LogP contribution in [0.25, 0.3) is 22.1 Å². The molecule has 1 fully saturated rings. The molecule has 4 aromatic rings. The summed E-state index contributed by atoms with van der Waals surface area (Å²) in [5.41, 5.74) is 7.81. The summed E-state index contributed by atoms with van der Waals surface area (Å²) in [5, 5.41) is 15.8. The van der Waals surface area contributed by atoms with Crippen molar-refractivity contribution in [2.24, 2.45) is 5.10 Å². The van der Waals surface area contributed by atoms with Gasteiger partial charge in [-0.2, -0.15) is 5.10 Å². The molecular formula is C24H25N5O2. The average molecular weight is 415 g/mol. The number of nitrogens with one attached hydrogen (secondary N) is 1. The number of likely N-dealkylation sites (tertiary alicyclic amines) is 1. The largest absolute Gasteiger partial charge is 0.508 e. The molecule has 158 valence electrons. The van der Waals surface area contributed by atoms with Gasteiger partial charge in [0.15, 0.2) is 11.4 Å². The summed E-state index contributed by atoms with van der Waals surface area (Å²) in [5.74, 6) is 0.850. The number of phenols is 1. The number of hydrogen-bond donors (Lipinski definition) is 2. The Balaban J connectivity index is 1.40. The Labute approximate surface area is 180 Å². The molecule has 2 aromatic heterocycles. The topological polar surface area (TPSA) is 86.8 Å². The Morgan fingerprint density at radius 1 is 1.13 bits per heavy atom. The maximum Gasteiger partial charge on any atom is 0.197 e. The Morgan fingerprint density at radius 2 is 1.97 bits per heavy atom. The van der Waals surface area contributed by atoms with E-state index >= 15 is 0 Å². The minimum atomic E-state index is 0.329. The highest BCUT2D eigenvalue weighted by molar-refractivity contribution is 6.05. The van der Waals surface area contributed by atoms with Crippen LogP contribution in [0.1, 0.15) is 37.3 Å². The minimum absolute atomic E-state index is 0.329. The van der Waals surface area contributed by atoms with Crippen LogP contribution in [-0.2, 0) is 6.54 Å². The maximum atomic E-state index is 10.3. The summed E-state index contributed by atoms with van der Waals surface area (Å²) in [6, 6.07) is 13.4. The summed E-state index contributed by atoms with van der Waals surface area (Å²) < 4.78 is 5.95. The number of hydrazone groups is 1. The molecule has 0 saturated carbocycles. The number of piperidine rings is 1. The molecule has 7 nitrogen and oxygen atoms in total. The Bertz CT molecular complexity index is 1260. The van der Waals surface area contributed by atoms with Gasteiger partial charge in [-0.1, -0.05) is 18.6 Å². The lowest BCUT2D eigenvalue weighted by molar-refractivity contribution is 0.218. The second-order valence-electron chi connectivity index (χ2n) is 7.99. The van der Waals surface area contributed by atoms with Gasteiger partial charge in [-0.15, -0.1) is 0 Å². The molecule has 0 bridgehead atoms. The van der Waals surface area contributed by atoms with Crippen LogP contribution in [0.15, 0.2) is 58.3 Å².